The number of ether oxygens (including phenoxy) is 1. The molecule has 0 bridgehead atoms. The van der Waals surface area contributed by atoms with Crippen LogP contribution in [0.4, 0.5) is 0 Å². The normalized spacial score (nSPS) is 10.9. The molecule has 0 aliphatic carbocycles. The van der Waals surface area contributed by atoms with Crippen LogP contribution >= 0.6 is 11.6 Å². The van der Waals surface area contributed by atoms with E-state index in [9.17, 15) is 9.90 Å². The predicted octanol–water partition coefficient (Wildman–Crippen LogP) is 4.07. The highest BCUT2D eigenvalue weighted by Crippen LogP contribution is 2.33. The maximum absolute atomic E-state index is 11.6. The van der Waals surface area contributed by atoms with Crippen molar-refractivity contribution in [1.82, 2.24) is 14.8 Å². The molecular weight excluding hydrogens is 342 g/mol. The van der Waals surface area contributed by atoms with Gasteiger partial charge in [0.15, 0.2) is 0 Å². The van der Waals surface area contributed by atoms with Crippen molar-refractivity contribution in [3.8, 4) is 22.8 Å². The Balaban J connectivity index is 2.21. The number of carboxylic acids is 1. The number of benzene rings is 2. The molecule has 0 aliphatic heterocycles. The summed E-state index contributed by atoms with van der Waals surface area (Å²) >= 11 is 6.34. The molecule has 0 atom stereocenters. The minimum Gasteiger partial charge on any atom is -0.478 e. The lowest BCUT2D eigenvalue weighted by atomic mass is 10.0. The van der Waals surface area contributed by atoms with Gasteiger partial charge < -0.3 is 9.84 Å². The largest absolute Gasteiger partial charge is 0.478 e. The molecule has 0 saturated carbocycles. The summed E-state index contributed by atoms with van der Waals surface area (Å²) in [4.78, 5) is 15.7. The number of carbonyl (C=O) groups is 1. The number of halogens is 1. The zero-order chi connectivity index (χ0) is 18.0. The minimum atomic E-state index is -1.12. The molecule has 3 aromatic rings. The molecule has 1 aromatic heterocycles. The third-order valence-corrected chi connectivity index (χ3v) is 3.87. The summed E-state index contributed by atoms with van der Waals surface area (Å²) in [6.45, 7) is 3.73. The molecule has 0 saturated heterocycles. The van der Waals surface area contributed by atoms with Gasteiger partial charge in [0.1, 0.15) is 6.33 Å². The number of nitrogens with zero attached hydrogens (tertiary/aromatic N) is 3. The molecule has 0 radical (unpaired) electrons. The summed E-state index contributed by atoms with van der Waals surface area (Å²) < 4.78 is 7.03. The third-order valence-electron chi connectivity index (χ3n) is 3.48. The van der Waals surface area contributed by atoms with Crippen molar-refractivity contribution in [2.45, 2.75) is 20.0 Å². The SMILES string of the molecule is CC(C)Oc1ncnn1-c1cc(-c2ccccc2)cc(C(=O)O)c1Cl. The van der Waals surface area contributed by atoms with E-state index in [1.165, 1.54) is 11.0 Å². The van der Waals surface area contributed by atoms with Crippen LogP contribution in [-0.2, 0) is 0 Å². The number of aromatic carboxylic acids is 1. The van der Waals surface area contributed by atoms with Crippen molar-refractivity contribution in [3.63, 3.8) is 0 Å². The smallest absolute Gasteiger partial charge is 0.337 e. The summed E-state index contributed by atoms with van der Waals surface area (Å²) in [6.07, 6.45) is 1.22. The zero-order valence-electron chi connectivity index (χ0n) is 13.7. The van der Waals surface area contributed by atoms with Crippen LogP contribution in [0.3, 0.4) is 0 Å². The minimum absolute atomic E-state index is 0.0102. The summed E-state index contributed by atoms with van der Waals surface area (Å²) in [7, 11) is 0. The van der Waals surface area contributed by atoms with Crippen LogP contribution in [-0.4, -0.2) is 31.9 Å². The van der Waals surface area contributed by atoms with Crippen LogP contribution < -0.4 is 4.74 Å². The average molecular weight is 358 g/mol. The highest BCUT2D eigenvalue weighted by atomic mass is 35.5. The van der Waals surface area contributed by atoms with Gasteiger partial charge >= 0.3 is 12.0 Å². The van der Waals surface area contributed by atoms with E-state index in [-0.39, 0.29) is 22.7 Å². The highest BCUT2D eigenvalue weighted by molar-refractivity contribution is 6.35. The summed E-state index contributed by atoms with van der Waals surface area (Å²) in [6, 6.07) is 13.0. The molecule has 0 aliphatic rings. The standard InChI is InChI=1S/C18H16ClN3O3/c1-11(2)25-18-20-10-21-22(18)15-9-13(12-6-4-3-5-7-12)8-14(16(15)19)17(23)24/h3-11H,1-2H3,(H,23,24). The van der Waals surface area contributed by atoms with Gasteiger partial charge in [0.25, 0.3) is 0 Å². The molecule has 25 heavy (non-hydrogen) atoms. The Labute approximate surface area is 149 Å². The molecule has 1 N–H and O–H groups in total. The van der Waals surface area contributed by atoms with E-state index in [0.717, 1.165) is 5.56 Å². The van der Waals surface area contributed by atoms with Crippen LogP contribution in [0.5, 0.6) is 6.01 Å². The van der Waals surface area contributed by atoms with Crippen molar-refractivity contribution < 1.29 is 14.6 Å². The molecule has 1 heterocycles. The number of aromatic nitrogens is 3. The fourth-order valence-electron chi connectivity index (χ4n) is 2.40. The average Bonchev–Trinajstić information content (AvgIpc) is 3.02. The van der Waals surface area contributed by atoms with Gasteiger partial charge in [-0.1, -0.05) is 41.9 Å². The molecule has 7 heteroatoms. The maximum Gasteiger partial charge on any atom is 0.337 e. The molecule has 3 rings (SSSR count). The van der Waals surface area contributed by atoms with Crippen LogP contribution in [0.15, 0.2) is 48.8 Å². The first kappa shape index (κ1) is 17.0. The lowest BCUT2D eigenvalue weighted by Gasteiger charge is -2.14. The Bertz CT molecular complexity index is 907. The van der Waals surface area contributed by atoms with Gasteiger partial charge in [-0.15, -0.1) is 0 Å². The van der Waals surface area contributed by atoms with Crippen LogP contribution in [0, 0.1) is 0 Å². The van der Waals surface area contributed by atoms with E-state index in [4.69, 9.17) is 16.3 Å². The number of hydrogen-bond donors (Lipinski definition) is 1. The first-order valence-electron chi connectivity index (χ1n) is 7.66. The molecule has 6 nitrogen and oxygen atoms in total. The molecule has 0 fully saturated rings. The van der Waals surface area contributed by atoms with E-state index in [2.05, 4.69) is 10.1 Å². The molecule has 128 valence electrons. The summed E-state index contributed by atoms with van der Waals surface area (Å²) in [5, 5.41) is 13.7. The summed E-state index contributed by atoms with van der Waals surface area (Å²) in [5.74, 6) is -1.12. The Morgan fingerprint density at radius 1 is 1.20 bits per heavy atom. The molecule has 0 amide bonds. The Morgan fingerprint density at radius 3 is 2.56 bits per heavy atom. The van der Waals surface area contributed by atoms with E-state index < -0.39 is 5.97 Å². The van der Waals surface area contributed by atoms with Crippen molar-refractivity contribution in [3.05, 3.63) is 59.4 Å². The van der Waals surface area contributed by atoms with Crippen molar-refractivity contribution in [2.75, 3.05) is 0 Å². The van der Waals surface area contributed by atoms with Gasteiger partial charge in [0.05, 0.1) is 22.4 Å². The Morgan fingerprint density at radius 2 is 1.92 bits per heavy atom. The summed E-state index contributed by atoms with van der Waals surface area (Å²) in [5.41, 5.74) is 1.97. The van der Waals surface area contributed by atoms with E-state index in [0.29, 0.717) is 11.3 Å². The molecule has 0 spiro atoms. The van der Waals surface area contributed by atoms with Gasteiger partial charge in [-0.25, -0.2) is 4.79 Å². The van der Waals surface area contributed by atoms with E-state index in [1.54, 1.807) is 12.1 Å². The lowest BCUT2D eigenvalue weighted by Crippen LogP contribution is -2.12. The van der Waals surface area contributed by atoms with Crippen molar-refractivity contribution in [1.29, 1.82) is 0 Å². The monoisotopic (exact) mass is 357 g/mol. The fourth-order valence-corrected chi connectivity index (χ4v) is 2.67. The molecular formula is C18H16ClN3O3. The van der Waals surface area contributed by atoms with Gasteiger partial charge in [0, 0.05) is 0 Å². The Kier molecular flexibility index (Phi) is 4.72. The van der Waals surface area contributed by atoms with Crippen LogP contribution in [0.2, 0.25) is 5.02 Å². The zero-order valence-corrected chi connectivity index (χ0v) is 14.4. The topological polar surface area (TPSA) is 77.2 Å². The molecule has 0 unspecified atom stereocenters. The first-order valence-corrected chi connectivity index (χ1v) is 8.04. The first-order chi connectivity index (χ1) is 12.0. The second kappa shape index (κ2) is 6.94. The van der Waals surface area contributed by atoms with E-state index >= 15 is 0 Å². The quantitative estimate of drug-likeness (QED) is 0.744. The number of rotatable bonds is 5. The fraction of sp³-hybridized carbons (Fsp3) is 0.167. The van der Waals surface area contributed by atoms with Crippen molar-refractivity contribution >= 4 is 17.6 Å². The van der Waals surface area contributed by atoms with Crippen LogP contribution in [0.25, 0.3) is 16.8 Å². The highest BCUT2D eigenvalue weighted by Gasteiger charge is 2.20. The van der Waals surface area contributed by atoms with Crippen molar-refractivity contribution in [2.24, 2.45) is 0 Å². The van der Waals surface area contributed by atoms with Gasteiger partial charge in [-0.3, -0.25) is 0 Å². The number of hydrogen-bond acceptors (Lipinski definition) is 4. The second-order valence-corrected chi connectivity index (χ2v) is 6.03. The van der Waals surface area contributed by atoms with Gasteiger partial charge in [0.2, 0.25) is 0 Å². The van der Waals surface area contributed by atoms with E-state index in [1.807, 2.05) is 44.2 Å². The Hall–Kier alpha value is -2.86. The molecule has 2 aromatic carbocycles. The lowest BCUT2D eigenvalue weighted by molar-refractivity contribution is 0.0697. The second-order valence-electron chi connectivity index (χ2n) is 5.65. The van der Waals surface area contributed by atoms with Gasteiger partial charge in [-0.05, 0) is 37.1 Å². The predicted molar refractivity (Wildman–Crippen MR) is 94.5 cm³/mol. The third kappa shape index (κ3) is 3.49. The number of carboxylic acid groups (broad SMARTS) is 1. The van der Waals surface area contributed by atoms with Gasteiger partial charge in [-0.2, -0.15) is 14.8 Å². The van der Waals surface area contributed by atoms with Crippen LogP contribution in [0.1, 0.15) is 24.2 Å². The maximum atomic E-state index is 11.6.